The van der Waals surface area contributed by atoms with Crippen LogP contribution in [0.15, 0.2) is 22.7 Å². The number of likely N-dealkylation sites (tertiary alicyclic amines) is 1. The van der Waals surface area contributed by atoms with Gasteiger partial charge in [-0.25, -0.2) is 0 Å². The van der Waals surface area contributed by atoms with E-state index in [1.807, 2.05) is 32.0 Å². The lowest BCUT2D eigenvalue weighted by molar-refractivity contribution is -0.149. The van der Waals surface area contributed by atoms with Crippen molar-refractivity contribution >= 4 is 33.5 Å². The van der Waals surface area contributed by atoms with Gasteiger partial charge in [0.2, 0.25) is 5.91 Å². The molecule has 1 aliphatic rings. The Labute approximate surface area is 164 Å². The maximum Gasteiger partial charge on any atom is 0.310 e. The number of piperidine rings is 1. The highest BCUT2D eigenvalue weighted by Gasteiger charge is 2.26. The van der Waals surface area contributed by atoms with Gasteiger partial charge in [0.15, 0.2) is 0 Å². The predicted molar refractivity (Wildman–Crippen MR) is 97.9 cm³/mol. The van der Waals surface area contributed by atoms with Gasteiger partial charge in [-0.3, -0.25) is 9.59 Å². The molecule has 1 aliphatic heterocycles. The van der Waals surface area contributed by atoms with Crippen LogP contribution < -0.4 is 17.7 Å². The Hall–Kier alpha value is -1.11. The van der Waals surface area contributed by atoms with Crippen molar-refractivity contribution in [3.63, 3.8) is 0 Å². The summed E-state index contributed by atoms with van der Waals surface area (Å²) in [6.45, 7) is 6.52. The average Bonchev–Trinajstić information content (AvgIpc) is 2.57. The first-order valence-electron chi connectivity index (χ1n) is 8.44. The first kappa shape index (κ1) is 21.9. The summed E-state index contributed by atoms with van der Waals surface area (Å²) in [5, 5.41) is 2.93. The highest BCUT2D eigenvalue weighted by molar-refractivity contribution is 9.10. The van der Waals surface area contributed by atoms with E-state index in [2.05, 4.69) is 26.1 Å². The van der Waals surface area contributed by atoms with Gasteiger partial charge in [-0.1, -0.05) is 15.9 Å². The van der Waals surface area contributed by atoms with E-state index in [0.717, 1.165) is 35.1 Å². The minimum absolute atomic E-state index is 0. The normalized spacial score (nSPS) is 17.5. The second kappa shape index (κ2) is 10.8. The van der Waals surface area contributed by atoms with Crippen LogP contribution in [0.25, 0.3) is 0 Å². The molecule has 1 saturated heterocycles. The summed E-state index contributed by atoms with van der Waals surface area (Å²) in [6.07, 6.45) is 2.27. The summed E-state index contributed by atoms with van der Waals surface area (Å²) in [6, 6.07) is 5.76. The Morgan fingerprint density at radius 2 is 2.16 bits per heavy atom. The highest BCUT2D eigenvalue weighted by atomic mass is 79.9. The molecule has 1 amide bonds. The van der Waals surface area contributed by atoms with E-state index >= 15 is 0 Å². The molecule has 25 heavy (non-hydrogen) atoms. The number of hydrogen-bond acceptors (Lipinski definition) is 4. The number of halogens is 2. The molecule has 0 bridgehead atoms. The molecular weight excluding hydrogens is 408 g/mol. The molecule has 0 spiro atoms. The maximum atomic E-state index is 12.1. The van der Waals surface area contributed by atoms with Gasteiger partial charge < -0.3 is 27.4 Å². The molecule has 7 heteroatoms. The first-order valence-corrected chi connectivity index (χ1v) is 9.24. The van der Waals surface area contributed by atoms with E-state index in [1.165, 1.54) is 0 Å². The molecule has 0 radical (unpaired) electrons. The minimum atomic E-state index is -0.114. The monoisotopic (exact) mass is 431 g/mol. The molecule has 2 rings (SSSR count). The molecule has 140 valence electrons. The number of benzene rings is 1. The zero-order valence-electron chi connectivity index (χ0n) is 14.7. The van der Waals surface area contributed by atoms with Crippen molar-refractivity contribution in [2.75, 3.05) is 31.6 Å². The summed E-state index contributed by atoms with van der Waals surface area (Å²) < 4.78 is 6.13. The zero-order valence-corrected chi connectivity index (χ0v) is 17.0. The molecule has 5 nitrogen and oxygen atoms in total. The van der Waals surface area contributed by atoms with Crippen molar-refractivity contribution in [2.24, 2.45) is 5.92 Å². The van der Waals surface area contributed by atoms with Gasteiger partial charge in [0.05, 0.1) is 12.5 Å². The molecule has 1 heterocycles. The number of aryl methyl sites for hydroxylation is 1. The van der Waals surface area contributed by atoms with Gasteiger partial charge >= 0.3 is 5.97 Å². The number of carbonyl (C=O) groups is 2. The van der Waals surface area contributed by atoms with Crippen LogP contribution in [-0.4, -0.2) is 43.0 Å². The smallest absolute Gasteiger partial charge is 0.310 e. The van der Waals surface area contributed by atoms with E-state index in [9.17, 15) is 9.59 Å². The Morgan fingerprint density at radius 3 is 2.84 bits per heavy atom. The summed E-state index contributed by atoms with van der Waals surface area (Å²) in [5.41, 5.74) is 1.89. The Bertz CT molecular complexity index is 598. The zero-order chi connectivity index (χ0) is 17.5. The maximum absolute atomic E-state index is 12.1. The van der Waals surface area contributed by atoms with Gasteiger partial charge in [-0.2, -0.15) is 0 Å². The molecule has 1 atom stereocenters. The number of carbonyl (C=O) groups excluding carboxylic acids is 2. The van der Waals surface area contributed by atoms with E-state index < -0.39 is 0 Å². The van der Waals surface area contributed by atoms with Gasteiger partial charge in [0.25, 0.3) is 0 Å². The third-order valence-corrected chi connectivity index (χ3v) is 5.11. The lowest BCUT2D eigenvalue weighted by Crippen LogP contribution is -3.00. The standard InChI is InChI=1S/C18H25BrN2O3.ClH/c1-3-24-18(23)14-5-4-9-21(12-14)10-8-17(22)20-15-6-7-16(19)13(2)11-15;/h6-7,11,14H,3-5,8-10,12H2,1-2H3,(H,20,22);1H/p-1. The van der Waals surface area contributed by atoms with E-state index in [-0.39, 0.29) is 30.2 Å². The van der Waals surface area contributed by atoms with Crippen LogP contribution in [0.5, 0.6) is 0 Å². The first-order chi connectivity index (χ1) is 11.5. The Kier molecular flexibility index (Phi) is 9.46. The van der Waals surface area contributed by atoms with Crippen molar-refractivity contribution in [1.82, 2.24) is 4.90 Å². The fourth-order valence-corrected chi connectivity index (χ4v) is 3.16. The van der Waals surface area contributed by atoms with E-state index in [0.29, 0.717) is 26.1 Å². The number of nitrogens with zero attached hydrogens (tertiary/aromatic N) is 1. The largest absolute Gasteiger partial charge is 1.00 e. The Morgan fingerprint density at radius 1 is 1.40 bits per heavy atom. The molecule has 0 aliphatic carbocycles. The molecule has 0 aromatic heterocycles. The highest BCUT2D eigenvalue weighted by Crippen LogP contribution is 2.21. The number of nitrogens with one attached hydrogen (secondary N) is 1. The van der Waals surface area contributed by atoms with Crippen LogP contribution in [-0.2, 0) is 14.3 Å². The number of rotatable bonds is 6. The van der Waals surface area contributed by atoms with Gasteiger partial charge in [0.1, 0.15) is 0 Å². The lowest BCUT2D eigenvalue weighted by atomic mass is 9.98. The quantitative estimate of drug-likeness (QED) is 0.660. The summed E-state index contributed by atoms with van der Waals surface area (Å²) in [4.78, 5) is 26.2. The van der Waals surface area contributed by atoms with Crippen LogP contribution in [0.3, 0.4) is 0 Å². The van der Waals surface area contributed by atoms with Crippen molar-refractivity contribution < 1.29 is 26.7 Å². The fourth-order valence-electron chi connectivity index (χ4n) is 2.92. The minimum Gasteiger partial charge on any atom is -1.00 e. The Balaban J connectivity index is 0.00000312. The molecule has 1 unspecified atom stereocenters. The van der Waals surface area contributed by atoms with Crippen LogP contribution in [0.4, 0.5) is 5.69 Å². The van der Waals surface area contributed by atoms with Crippen molar-refractivity contribution in [3.8, 4) is 0 Å². The van der Waals surface area contributed by atoms with Gasteiger partial charge in [-0.05, 0) is 57.0 Å². The van der Waals surface area contributed by atoms with Crippen LogP contribution in [0.2, 0.25) is 0 Å². The molecular formula is C18H25BrClN2O3-. The van der Waals surface area contributed by atoms with Crippen LogP contribution in [0.1, 0.15) is 31.7 Å². The molecule has 1 aromatic carbocycles. The summed E-state index contributed by atoms with van der Waals surface area (Å²) in [7, 11) is 0. The van der Waals surface area contributed by atoms with Crippen molar-refractivity contribution in [2.45, 2.75) is 33.1 Å². The van der Waals surface area contributed by atoms with Crippen molar-refractivity contribution in [3.05, 3.63) is 28.2 Å². The summed E-state index contributed by atoms with van der Waals surface area (Å²) >= 11 is 3.45. The second-order valence-electron chi connectivity index (χ2n) is 6.15. The van der Waals surface area contributed by atoms with Crippen molar-refractivity contribution in [1.29, 1.82) is 0 Å². The van der Waals surface area contributed by atoms with Crippen LogP contribution >= 0.6 is 15.9 Å². The number of ether oxygens (including phenoxy) is 1. The summed E-state index contributed by atoms with van der Waals surface area (Å²) in [5.74, 6) is -0.178. The average molecular weight is 433 g/mol. The fraction of sp³-hybridized carbons (Fsp3) is 0.556. The van der Waals surface area contributed by atoms with Gasteiger partial charge in [0, 0.05) is 29.7 Å². The topological polar surface area (TPSA) is 58.6 Å². The van der Waals surface area contributed by atoms with E-state index in [1.54, 1.807) is 0 Å². The van der Waals surface area contributed by atoms with Crippen LogP contribution in [0, 0.1) is 12.8 Å². The third-order valence-electron chi connectivity index (χ3n) is 4.22. The SMILES string of the molecule is CCOC(=O)C1CCCN(CCC(=O)Nc2ccc(Br)c(C)c2)C1.[Cl-]. The number of anilines is 1. The molecule has 1 fully saturated rings. The molecule has 0 saturated carbocycles. The third kappa shape index (κ3) is 6.96. The molecule has 1 N–H and O–H groups in total. The second-order valence-corrected chi connectivity index (χ2v) is 7.01. The molecule has 1 aromatic rings. The van der Waals surface area contributed by atoms with Gasteiger partial charge in [-0.15, -0.1) is 0 Å². The lowest BCUT2D eigenvalue weighted by Gasteiger charge is -2.31. The number of esters is 1. The van der Waals surface area contributed by atoms with E-state index in [4.69, 9.17) is 4.74 Å². The predicted octanol–water partition coefficient (Wildman–Crippen LogP) is 0.365. The number of hydrogen-bond donors (Lipinski definition) is 1. The number of amides is 1.